The van der Waals surface area contributed by atoms with E-state index in [-0.39, 0.29) is 0 Å². The minimum absolute atomic E-state index is 0.491. The van der Waals surface area contributed by atoms with Crippen LogP contribution in [0.1, 0.15) is 56.2 Å². The Morgan fingerprint density at radius 2 is 2.00 bits per heavy atom. The summed E-state index contributed by atoms with van der Waals surface area (Å²) in [5.41, 5.74) is 2.64. The van der Waals surface area contributed by atoms with Gasteiger partial charge in [0.25, 0.3) is 0 Å². The van der Waals surface area contributed by atoms with Gasteiger partial charge in [-0.1, -0.05) is 37.4 Å². The molecule has 1 aromatic carbocycles. The Bertz CT molecular complexity index is 362. The zero-order valence-corrected chi connectivity index (χ0v) is 12.3. The summed E-state index contributed by atoms with van der Waals surface area (Å²) in [4.78, 5) is 0. The molecule has 0 aliphatic heterocycles. The molecule has 0 amide bonds. The van der Waals surface area contributed by atoms with Gasteiger partial charge >= 0.3 is 0 Å². The first-order valence-electron chi connectivity index (χ1n) is 7.21. The average Bonchev–Trinajstić information content (AvgIpc) is 2.82. The van der Waals surface area contributed by atoms with Crippen molar-refractivity contribution in [3.8, 4) is 0 Å². The molecule has 1 aromatic rings. The van der Waals surface area contributed by atoms with Crippen LogP contribution in [0.5, 0.6) is 0 Å². The van der Waals surface area contributed by atoms with Gasteiger partial charge in [-0.25, -0.2) is 0 Å². The first-order valence-corrected chi connectivity index (χ1v) is 7.59. The fourth-order valence-corrected chi connectivity index (χ4v) is 3.39. The van der Waals surface area contributed by atoms with Crippen LogP contribution in [0.25, 0.3) is 0 Å². The van der Waals surface area contributed by atoms with Gasteiger partial charge < -0.3 is 5.32 Å². The lowest BCUT2D eigenvalue weighted by Gasteiger charge is -2.26. The van der Waals surface area contributed by atoms with E-state index in [9.17, 15) is 0 Å². The zero-order chi connectivity index (χ0) is 13.0. The summed E-state index contributed by atoms with van der Waals surface area (Å²) in [6, 6.07) is 6.96. The molecule has 1 N–H and O–H groups in total. The summed E-state index contributed by atoms with van der Waals surface area (Å²) < 4.78 is 0. The number of halogens is 1. The maximum Gasteiger partial charge on any atom is 0.0411 e. The van der Waals surface area contributed by atoms with Crippen molar-refractivity contribution in [3.63, 3.8) is 0 Å². The van der Waals surface area contributed by atoms with Crippen LogP contribution in [0, 0.1) is 12.8 Å². The highest BCUT2D eigenvalue weighted by Gasteiger charge is 2.26. The van der Waals surface area contributed by atoms with Crippen LogP contribution in [-0.2, 0) is 0 Å². The van der Waals surface area contributed by atoms with Gasteiger partial charge in [-0.3, -0.25) is 0 Å². The Kier molecular flexibility index (Phi) is 5.08. The van der Waals surface area contributed by atoms with E-state index in [4.69, 9.17) is 11.6 Å². The summed E-state index contributed by atoms with van der Waals surface area (Å²) in [6.07, 6.45) is 6.66. The summed E-state index contributed by atoms with van der Waals surface area (Å²) in [5, 5.41) is 4.59. The zero-order valence-electron chi connectivity index (χ0n) is 11.5. The molecular formula is C16H24ClN. The predicted octanol–water partition coefficient (Wildman–Crippen LogP) is 4.88. The van der Waals surface area contributed by atoms with E-state index in [2.05, 4.69) is 31.3 Å². The van der Waals surface area contributed by atoms with Crippen molar-refractivity contribution in [2.24, 2.45) is 5.92 Å². The maximum atomic E-state index is 6.21. The third kappa shape index (κ3) is 3.49. The molecule has 1 fully saturated rings. The lowest BCUT2D eigenvalue weighted by molar-refractivity contribution is 0.368. The van der Waals surface area contributed by atoms with Crippen molar-refractivity contribution >= 4 is 11.6 Å². The number of benzene rings is 1. The molecule has 0 heterocycles. The molecule has 100 valence electrons. The molecule has 0 aromatic heterocycles. The molecule has 18 heavy (non-hydrogen) atoms. The molecule has 1 atom stereocenters. The highest BCUT2D eigenvalue weighted by molar-refractivity contribution is 6.30. The van der Waals surface area contributed by atoms with Gasteiger partial charge in [0.15, 0.2) is 0 Å². The van der Waals surface area contributed by atoms with Gasteiger partial charge in [0.2, 0.25) is 0 Å². The summed E-state index contributed by atoms with van der Waals surface area (Å²) in [6.45, 7) is 5.44. The lowest BCUT2D eigenvalue weighted by atomic mass is 9.90. The highest BCUT2D eigenvalue weighted by atomic mass is 35.5. The van der Waals surface area contributed by atoms with Gasteiger partial charge in [0.05, 0.1) is 0 Å². The number of rotatable bonds is 5. The summed E-state index contributed by atoms with van der Waals surface area (Å²) in [7, 11) is 0. The van der Waals surface area contributed by atoms with Crippen molar-refractivity contribution < 1.29 is 0 Å². The molecule has 1 aliphatic rings. The van der Waals surface area contributed by atoms with Crippen LogP contribution in [-0.4, -0.2) is 6.54 Å². The lowest BCUT2D eigenvalue weighted by Crippen LogP contribution is -2.27. The topological polar surface area (TPSA) is 12.0 Å². The number of hydrogen-bond acceptors (Lipinski definition) is 1. The third-order valence-electron chi connectivity index (χ3n) is 3.91. The average molecular weight is 266 g/mol. The Morgan fingerprint density at radius 1 is 1.28 bits per heavy atom. The molecule has 2 rings (SSSR count). The molecule has 0 bridgehead atoms. The van der Waals surface area contributed by atoms with Gasteiger partial charge in [-0.2, -0.15) is 0 Å². The van der Waals surface area contributed by atoms with Gasteiger partial charge in [-0.05, 0) is 61.9 Å². The van der Waals surface area contributed by atoms with E-state index < -0.39 is 0 Å². The van der Waals surface area contributed by atoms with Crippen molar-refractivity contribution in [1.82, 2.24) is 5.32 Å². The minimum atomic E-state index is 0.491. The van der Waals surface area contributed by atoms with Crippen molar-refractivity contribution in [2.75, 3.05) is 6.54 Å². The second kappa shape index (κ2) is 6.58. The van der Waals surface area contributed by atoms with Crippen molar-refractivity contribution in [2.45, 2.75) is 52.0 Å². The normalized spacial score (nSPS) is 18.2. The van der Waals surface area contributed by atoms with Crippen molar-refractivity contribution in [3.05, 3.63) is 34.3 Å². The molecule has 1 nitrogen and oxygen atoms in total. The van der Waals surface area contributed by atoms with Crippen LogP contribution in [0.4, 0.5) is 0 Å². The molecule has 1 aliphatic carbocycles. The van der Waals surface area contributed by atoms with Crippen LogP contribution in [0.3, 0.4) is 0 Å². The monoisotopic (exact) mass is 265 g/mol. The van der Waals surface area contributed by atoms with Crippen molar-refractivity contribution in [1.29, 1.82) is 0 Å². The van der Waals surface area contributed by atoms with Crippen LogP contribution in [0.15, 0.2) is 18.2 Å². The second-order valence-electron chi connectivity index (χ2n) is 5.54. The third-order valence-corrected chi connectivity index (χ3v) is 4.13. The van der Waals surface area contributed by atoms with E-state index in [1.54, 1.807) is 0 Å². The van der Waals surface area contributed by atoms with Gasteiger partial charge in [0, 0.05) is 11.1 Å². The summed E-state index contributed by atoms with van der Waals surface area (Å²) >= 11 is 6.21. The number of aryl methyl sites for hydroxylation is 1. The highest BCUT2D eigenvalue weighted by Crippen LogP contribution is 2.36. The first-order chi connectivity index (χ1) is 8.70. The van der Waals surface area contributed by atoms with E-state index in [0.717, 1.165) is 17.5 Å². The molecule has 1 saturated carbocycles. The smallest absolute Gasteiger partial charge is 0.0411 e. The van der Waals surface area contributed by atoms with E-state index in [1.807, 2.05) is 6.07 Å². The van der Waals surface area contributed by atoms with E-state index >= 15 is 0 Å². The minimum Gasteiger partial charge on any atom is -0.310 e. The Hall–Kier alpha value is -0.530. The van der Waals surface area contributed by atoms with E-state index in [1.165, 1.54) is 43.2 Å². The Labute approximate surface area is 116 Å². The fraction of sp³-hybridized carbons (Fsp3) is 0.625. The van der Waals surface area contributed by atoms with Gasteiger partial charge in [-0.15, -0.1) is 0 Å². The Balaban J connectivity index is 2.20. The van der Waals surface area contributed by atoms with Crippen LogP contribution >= 0.6 is 11.6 Å². The molecule has 0 radical (unpaired) electrons. The molecule has 0 spiro atoms. The molecular weight excluding hydrogens is 242 g/mol. The standard InChI is InChI=1S/C16H24ClN/c1-3-8-18-16(13-6-4-5-7-13)14-9-12(2)10-15(17)11-14/h9-11,13,16,18H,3-8H2,1-2H3. The predicted molar refractivity (Wildman–Crippen MR) is 79.2 cm³/mol. The SMILES string of the molecule is CCCNC(c1cc(C)cc(Cl)c1)C1CCCC1. The van der Waals surface area contributed by atoms with Gasteiger partial charge in [0.1, 0.15) is 0 Å². The first kappa shape index (κ1) is 13.9. The molecule has 2 heteroatoms. The van der Waals surface area contributed by atoms with E-state index in [0.29, 0.717) is 6.04 Å². The molecule has 1 unspecified atom stereocenters. The fourth-order valence-electron chi connectivity index (χ4n) is 3.09. The maximum absolute atomic E-state index is 6.21. The Morgan fingerprint density at radius 3 is 2.61 bits per heavy atom. The molecule has 0 saturated heterocycles. The number of hydrogen-bond donors (Lipinski definition) is 1. The number of nitrogens with one attached hydrogen (secondary N) is 1. The quantitative estimate of drug-likeness (QED) is 0.800. The van der Waals surface area contributed by atoms with Crippen LogP contribution < -0.4 is 5.32 Å². The summed E-state index contributed by atoms with van der Waals surface area (Å²) in [5.74, 6) is 0.786. The van der Waals surface area contributed by atoms with Crippen LogP contribution in [0.2, 0.25) is 5.02 Å². The largest absolute Gasteiger partial charge is 0.310 e. The second-order valence-corrected chi connectivity index (χ2v) is 5.97.